The van der Waals surface area contributed by atoms with Gasteiger partial charge in [0.2, 0.25) is 0 Å². The number of carboxylic acids is 1. The van der Waals surface area contributed by atoms with Crippen LogP contribution in [0.1, 0.15) is 28.3 Å². The molecule has 3 aromatic rings. The fraction of sp³-hybridized carbons (Fsp3) is 0.0870. The first kappa shape index (κ1) is 19.2. The summed E-state index contributed by atoms with van der Waals surface area (Å²) >= 11 is 0. The molecule has 0 heterocycles. The van der Waals surface area contributed by atoms with E-state index in [1.54, 1.807) is 0 Å². The summed E-state index contributed by atoms with van der Waals surface area (Å²) in [6.45, 7) is 2.14. The first-order chi connectivity index (χ1) is 12.6. The summed E-state index contributed by atoms with van der Waals surface area (Å²) in [6.07, 6.45) is 2.50. The standard InChI is InChI=1S/C14H15N.C9H8O2/c1-11-7-5-6-10-13(11)14(15)12-8-3-2-4-9-12;10-9(11)7-6-8-4-2-1-3-5-8/h2-10,14H,15H2,1H3;1-7H,(H,10,11)/b;7-6+/t14-;/m1./s1. The fourth-order valence-corrected chi connectivity index (χ4v) is 2.57. The summed E-state index contributed by atoms with van der Waals surface area (Å²) < 4.78 is 0. The monoisotopic (exact) mass is 345 g/mol. The highest BCUT2D eigenvalue weighted by Crippen LogP contribution is 2.20. The molecule has 0 unspecified atom stereocenters. The molecule has 0 aliphatic carbocycles. The second-order valence-corrected chi connectivity index (χ2v) is 5.88. The van der Waals surface area contributed by atoms with Crippen LogP contribution < -0.4 is 10.8 Å². The van der Waals surface area contributed by atoms with E-state index in [0.717, 1.165) is 11.6 Å². The van der Waals surface area contributed by atoms with E-state index >= 15 is 0 Å². The summed E-state index contributed by atoms with van der Waals surface area (Å²) in [6, 6.07) is 28.3. The lowest BCUT2D eigenvalue weighted by Crippen LogP contribution is -2.54. The largest absolute Gasteiger partial charge is 0.545 e. The molecule has 1 atom stereocenters. The van der Waals surface area contributed by atoms with Crippen molar-refractivity contribution in [3.63, 3.8) is 0 Å². The number of carbonyl (C=O) groups is 1. The van der Waals surface area contributed by atoms with E-state index < -0.39 is 5.97 Å². The van der Waals surface area contributed by atoms with Crippen molar-refractivity contribution in [3.8, 4) is 0 Å². The number of benzene rings is 3. The third-order valence-electron chi connectivity index (χ3n) is 3.98. The minimum absolute atomic E-state index is 0.229. The Kier molecular flexibility index (Phi) is 7.34. The normalized spacial score (nSPS) is 11.5. The van der Waals surface area contributed by atoms with Gasteiger partial charge in [0.05, 0.1) is 5.97 Å². The topological polar surface area (TPSA) is 67.8 Å². The van der Waals surface area contributed by atoms with Gasteiger partial charge in [-0.15, -0.1) is 0 Å². The van der Waals surface area contributed by atoms with Crippen molar-refractivity contribution in [1.82, 2.24) is 0 Å². The lowest BCUT2D eigenvalue weighted by molar-refractivity contribution is -0.411. The Labute approximate surface area is 154 Å². The number of aryl methyl sites for hydroxylation is 1. The van der Waals surface area contributed by atoms with Crippen molar-refractivity contribution < 1.29 is 15.6 Å². The zero-order valence-corrected chi connectivity index (χ0v) is 14.8. The van der Waals surface area contributed by atoms with Crippen LogP contribution in [0.25, 0.3) is 6.08 Å². The fourth-order valence-electron chi connectivity index (χ4n) is 2.57. The first-order valence-electron chi connectivity index (χ1n) is 8.45. The van der Waals surface area contributed by atoms with Gasteiger partial charge in [-0.1, -0.05) is 91.0 Å². The van der Waals surface area contributed by atoms with Gasteiger partial charge < -0.3 is 15.6 Å². The smallest absolute Gasteiger partial charge is 0.136 e. The molecule has 0 spiro atoms. The predicted octanol–water partition coefficient (Wildman–Crippen LogP) is 2.78. The average Bonchev–Trinajstić information content (AvgIpc) is 2.68. The van der Waals surface area contributed by atoms with Crippen molar-refractivity contribution in [2.75, 3.05) is 0 Å². The Bertz CT molecular complexity index is 842. The van der Waals surface area contributed by atoms with Crippen LogP contribution in [0.2, 0.25) is 0 Å². The number of rotatable bonds is 4. The number of carboxylic acid groups (broad SMARTS) is 1. The van der Waals surface area contributed by atoms with Gasteiger partial charge in [0.15, 0.2) is 0 Å². The van der Waals surface area contributed by atoms with E-state index in [-0.39, 0.29) is 6.04 Å². The molecule has 0 saturated heterocycles. The molecule has 0 aliphatic heterocycles. The number of quaternary nitrogens is 1. The van der Waals surface area contributed by atoms with Gasteiger partial charge in [0, 0.05) is 11.1 Å². The SMILES string of the molecule is Cc1ccccc1[C@H]([NH3+])c1ccccc1.O=C([O-])/C=C/c1ccccc1. The molecule has 0 amide bonds. The molecule has 132 valence electrons. The van der Waals surface area contributed by atoms with Crippen LogP contribution in [-0.4, -0.2) is 5.97 Å². The van der Waals surface area contributed by atoms with E-state index in [4.69, 9.17) is 0 Å². The zero-order chi connectivity index (χ0) is 18.8. The Hall–Kier alpha value is -3.17. The maximum Gasteiger partial charge on any atom is 0.136 e. The highest BCUT2D eigenvalue weighted by molar-refractivity contribution is 5.83. The lowest BCUT2D eigenvalue weighted by Gasteiger charge is -2.11. The van der Waals surface area contributed by atoms with Crippen molar-refractivity contribution in [2.45, 2.75) is 13.0 Å². The number of hydrogen-bond donors (Lipinski definition) is 1. The van der Waals surface area contributed by atoms with Gasteiger partial charge in [0.25, 0.3) is 0 Å². The molecule has 0 bridgehead atoms. The Balaban J connectivity index is 0.000000197. The third-order valence-corrected chi connectivity index (χ3v) is 3.98. The number of hydrogen-bond acceptors (Lipinski definition) is 2. The zero-order valence-electron chi connectivity index (χ0n) is 14.8. The van der Waals surface area contributed by atoms with Crippen LogP contribution in [0.3, 0.4) is 0 Å². The van der Waals surface area contributed by atoms with Crippen LogP contribution in [0, 0.1) is 6.92 Å². The molecule has 3 aromatic carbocycles. The van der Waals surface area contributed by atoms with E-state index in [1.807, 2.05) is 36.4 Å². The van der Waals surface area contributed by atoms with Gasteiger partial charge >= 0.3 is 0 Å². The Morgan fingerprint density at radius 1 is 0.885 bits per heavy atom. The van der Waals surface area contributed by atoms with Crippen LogP contribution in [0.5, 0.6) is 0 Å². The van der Waals surface area contributed by atoms with Crippen molar-refractivity contribution in [1.29, 1.82) is 0 Å². The molecule has 3 rings (SSSR count). The summed E-state index contributed by atoms with van der Waals surface area (Å²) in [5, 5.41) is 9.97. The van der Waals surface area contributed by atoms with Gasteiger partial charge in [-0.25, -0.2) is 0 Å². The van der Waals surface area contributed by atoms with Gasteiger partial charge in [-0.2, -0.15) is 0 Å². The van der Waals surface area contributed by atoms with E-state index in [9.17, 15) is 9.90 Å². The molecule has 0 radical (unpaired) electrons. The van der Waals surface area contributed by atoms with Gasteiger partial charge in [-0.3, -0.25) is 0 Å². The number of carbonyl (C=O) groups excluding carboxylic acids is 1. The molecule has 3 N–H and O–H groups in total. The minimum Gasteiger partial charge on any atom is -0.545 e. The second-order valence-electron chi connectivity index (χ2n) is 5.88. The molecule has 0 saturated carbocycles. The van der Waals surface area contributed by atoms with Gasteiger partial charge in [-0.05, 0) is 24.1 Å². The predicted molar refractivity (Wildman–Crippen MR) is 103 cm³/mol. The average molecular weight is 345 g/mol. The molecule has 0 fully saturated rings. The number of aliphatic carboxylic acids is 1. The maximum atomic E-state index is 9.97. The summed E-state index contributed by atoms with van der Waals surface area (Å²) in [4.78, 5) is 9.97. The Morgan fingerprint density at radius 2 is 1.42 bits per heavy atom. The maximum absolute atomic E-state index is 9.97. The highest BCUT2D eigenvalue weighted by Gasteiger charge is 2.13. The lowest BCUT2D eigenvalue weighted by atomic mass is 9.96. The summed E-state index contributed by atoms with van der Waals surface area (Å²) in [7, 11) is 0. The molecular weight excluding hydrogens is 322 g/mol. The highest BCUT2D eigenvalue weighted by atomic mass is 16.4. The Morgan fingerprint density at radius 3 is 2.00 bits per heavy atom. The van der Waals surface area contributed by atoms with E-state index in [2.05, 4.69) is 61.2 Å². The van der Waals surface area contributed by atoms with Crippen LogP contribution in [0.4, 0.5) is 0 Å². The van der Waals surface area contributed by atoms with Gasteiger partial charge in [0.1, 0.15) is 6.04 Å². The molecule has 0 aromatic heterocycles. The molecular formula is C23H23NO2. The van der Waals surface area contributed by atoms with Crippen molar-refractivity contribution in [2.24, 2.45) is 0 Å². The first-order valence-corrected chi connectivity index (χ1v) is 8.45. The molecule has 3 nitrogen and oxygen atoms in total. The summed E-state index contributed by atoms with van der Waals surface area (Å²) in [5.41, 5.74) is 8.98. The molecule has 0 aliphatic rings. The van der Waals surface area contributed by atoms with Crippen LogP contribution in [-0.2, 0) is 4.79 Å². The van der Waals surface area contributed by atoms with Crippen LogP contribution >= 0.6 is 0 Å². The minimum atomic E-state index is -1.17. The second kappa shape index (κ2) is 9.97. The van der Waals surface area contributed by atoms with Crippen LogP contribution in [0.15, 0.2) is 91.0 Å². The van der Waals surface area contributed by atoms with E-state index in [1.165, 1.54) is 22.8 Å². The summed E-state index contributed by atoms with van der Waals surface area (Å²) in [5.74, 6) is -1.17. The third kappa shape index (κ3) is 6.04. The molecule has 3 heteroatoms. The van der Waals surface area contributed by atoms with Crippen molar-refractivity contribution in [3.05, 3.63) is 113 Å². The molecule has 26 heavy (non-hydrogen) atoms. The van der Waals surface area contributed by atoms with E-state index in [0.29, 0.717) is 0 Å². The quantitative estimate of drug-likeness (QED) is 0.739. The van der Waals surface area contributed by atoms with Crippen molar-refractivity contribution >= 4 is 12.0 Å².